The number of para-hydroxylation sites is 1. The van der Waals surface area contributed by atoms with E-state index in [4.69, 9.17) is 9.47 Å². The van der Waals surface area contributed by atoms with Gasteiger partial charge in [0.2, 0.25) is 0 Å². The molecule has 3 amide bonds. The maximum atomic E-state index is 15.4. The lowest BCUT2D eigenvalue weighted by Gasteiger charge is -2.40. The summed E-state index contributed by atoms with van der Waals surface area (Å²) in [6, 6.07) is 30.0. The number of aromatic hydroxyl groups is 1. The Bertz CT molecular complexity index is 2280. The van der Waals surface area contributed by atoms with Crippen molar-refractivity contribution in [3.63, 3.8) is 0 Å². The Kier molecular flexibility index (Phi) is 10.9. The summed E-state index contributed by atoms with van der Waals surface area (Å²) in [5.74, 6) is 0.361. The van der Waals surface area contributed by atoms with Crippen LogP contribution < -0.4 is 9.64 Å². The van der Waals surface area contributed by atoms with Crippen LogP contribution in [0.4, 0.5) is 10.5 Å². The Morgan fingerprint density at radius 2 is 1.47 bits per heavy atom. The van der Waals surface area contributed by atoms with Crippen molar-refractivity contribution in [1.82, 2.24) is 19.3 Å². The average molecular weight is 768 g/mol. The van der Waals surface area contributed by atoms with Crippen LogP contribution in [0.15, 0.2) is 97.1 Å². The van der Waals surface area contributed by atoms with E-state index in [1.165, 1.54) is 5.56 Å². The fourth-order valence-electron chi connectivity index (χ4n) is 8.38. The Hall–Kier alpha value is -5.91. The molecular weight excluding hydrogens is 719 g/mol. The zero-order valence-electron chi connectivity index (χ0n) is 32.8. The van der Waals surface area contributed by atoms with Crippen LogP contribution in [0.3, 0.4) is 0 Å². The first-order valence-electron chi connectivity index (χ1n) is 19.7. The molecule has 0 radical (unpaired) electrons. The fraction of sp³-hybridized carbons (Fsp3) is 0.326. The number of carbonyl (C=O) groups is 3. The molecule has 0 aliphatic carbocycles. The average Bonchev–Trinajstić information content (AvgIpc) is 3.38. The fourth-order valence-corrected chi connectivity index (χ4v) is 8.38. The molecule has 4 heterocycles. The lowest BCUT2D eigenvalue weighted by atomic mass is 9.90. The predicted octanol–water partition coefficient (Wildman–Crippen LogP) is 6.48. The smallest absolute Gasteiger partial charge is 0.415 e. The van der Waals surface area contributed by atoms with Gasteiger partial charge in [0.15, 0.2) is 0 Å². The molecule has 4 aromatic carbocycles. The first-order chi connectivity index (χ1) is 27.6. The number of ether oxygens (including phenoxy) is 2. The number of phenols is 1. The van der Waals surface area contributed by atoms with Crippen LogP contribution >= 0.6 is 0 Å². The number of carbonyl (C=O) groups excluding carboxylic acids is 3. The molecule has 0 saturated carbocycles. The summed E-state index contributed by atoms with van der Waals surface area (Å²) in [4.78, 5) is 50.5. The van der Waals surface area contributed by atoms with E-state index in [1.54, 1.807) is 53.2 Å². The minimum absolute atomic E-state index is 0.0494. The summed E-state index contributed by atoms with van der Waals surface area (Å²) < 4.78 is 13.4. The second kappa shape index (κ2) is 16.3. The van der Waals surface area contributed by atoms with Crippen LogP contribution in [0.25, 0.3) is 11.3 Å². The minimum Gasteiger partial charge on any atom is -0.508 e. The summed E-state index contributed by atoms with van der Waals surface area (Å²) in [6.07, 6.45) is 1.50. The van der Waals surface area contributed by atoms with Gasteiger partial charge in [0.25, 0.3) is 11.8 Å². The molecule has 1 aromatic heterocycles. The summed E-state index contributed by atoms with van der Waals surface area (Å²) in [6.45, 7) is 7.08. The topological polar surface area (TPSA) is 108 Å². The number of aromatic nitrogens is 1. The van der Waals surface area contributed by atoms with Gasteiger partial charge in [-0.25, -0.2) is 4.79 Å². The summed E-state index contributed by atoms with van der Waals surface area (Å²) in [7, 11) is 3.65. The van der Waals surface area contributed by atoms with Gasteiger partial charge in [0.05, 0.1) is 18.8 Å². The lowest BCUT2D eigenvalue weighted by molar-refractivity contribution is 0.0193. The van der Waals surface area contributed by atoms with Gasteiger partial charge >= 0.3 is 6.09 Å². The van der Waals surface area contributed by atoms with Crippen LogP contribution in [0.5, 0.6) is 11.5 Å². The van der Waals surface area contributed by atoms with Crippen molar-refractivity contribution < 1.29 is 29.0 Å². The van der Waals surface area contributed by atoms with Gasteiger partial charge < -0.3 is 33.8 Å². The highest BCUT2D eigenvalue weighted by molar-refractivity contribution is 6.08. The van der Waals surface area contributed by atoms with Gasteiger partial charge in [0, 0.05) is 87.6 Å². The maximum Gasteiger partial charge on any atom is 0.415 e. The molecule has 11 nitrogen and oxygen atoms in total. The number of rotatable bonds is 7. The van der Waals surface area contributed by atoms with E-state index in [-0.39, 0.29) is 23.6 Å². The predicted molar refractivity (Wildman–Crippen MR) is 219 cm³/mol. The van der Waals surface area contributed by atoms with E-state index < -0.39 is 6.09 Å². The number of hydrogen-bond donors (Lipinski definition) is 1. The van der Waals surface area contributed by atoms with E-state index in [9.17, 15) is 14.7 Å². The van der Waals surface area contributed by atoms with Crippen LogP contribution in [-0.2, 0) is 37.6 Å². The minimum atomic E-state index is -0.401. The second-order valence-electron chi connectivity index (χ2n) is 15.3. The van der Waals surface area contributed by atoms with E-state index >= 15 is 4.79 Å². The van der Waals surface area contributed by atoms with Gasteiger partial charge in [-0.1, -0.05) is 42.5 Å². The maximum absolute atomic E-state index is 15.4. The highest BCUT2D eigenvalue weighted by Gasteiger charge is 2.35. The van der Waals surface area contributed by atoms with E-state index in [2.05, 4.69) is 29.2 Å². The molecule has 3 aliphatic rings. The Balaban J connectivity index is 1.18. The summed E-state index contributed by atoms with van der Waals surface area (Å²) in [5, 5.41) is 9.85. The standard InChI is InChI=1S/C46H49N5O6/c1-31-40(44(53)48(3)36-13-15-38(52)16-14-36)28-43(47(31)2)41-26-33-17-19-50(46(55)57-39-11-5-4-6-12-39)20-18-34(33)27-42(41)45(54)51-29-35-10-8-7-9-32(35)25-37(51)30-49-21-23-56-24-22-49/h4-16,26-28,37,52H,17-25,29-30H2,1-3H3/t37-/m0/s1. The second-order valence-corrected chi connectivity index (χ2v) is 15.3. The van der Waals surface area contributed by atoms with Gasteiger partial charge in [-0.3, -0.25) is 14.5 Å². The van der Waals surface area contributed by atoms with E-state index in [0.29, 0.717) is 68.3 Å². The summed E-state index contributed by atoms with van der Waals surface area (Å²) >= 11 is 0. The molecule has 1 saturated heterocycles. The molecule has 1 fully saturated rings. The Labute approximate surface area is 333 Å². The number of nitrogens with zero attached hydrogens (tertiary/aromatic N) is 5. The normalized spacial score (nSPS) is 17.0. The number of morpholine rings is 1. The first-order valence-corrected chi connectivity index (χ1v) is 19.7. The molecule has 11 heteroatoms. The third-order valence-electron chi connectivity index (χ3n) is 11.9. The molecule has 0 spiro atoms. The molecule has 294 valence electrons. The molecule has 1 N–H and O–H groups in total. The molecular formula is C46H49N5O6. The van der Waals surface area contributed by atoms with Crippen molar-refractivity contribution in [1.29, 1.82) is 0 Å². The number of anilines is 1. The van der Waals surface area contributed by atoms with Crippen molar-refractivity contribution in [2.45, 2.75) is 38.8 Å². The largest absolute Gasteiger partial charge is 0.508 e. The van der Waals surface area contributed by atoms with Crippen molar-refractivity contribution in [3.05, 3.63) is 136 Å². The van der Waals surface area contributed by atoms with Crippen molar-refractivity contribution in [2.75, 3.05) is 57.9 Å². The van der Waals surface area contributed by atoms with Crippen LogP contribution in [-0.4, -0.2) is 101 Å². The van der Waals surface area contributed by atoms with Crippen LogP contribution in [0, 0.1) is 6.92 Å². The van der Waals surface area contributed by atoms with Crippen LogP contribution in [0.1, 0.15) is 48.7 Å². The van der Waals surface area contributed by atoms with Gasteiger partial charge in [-0.15, -0.1) is 0 Å². The monoisotopic (exact) mass is 767 g/mol. The number of fused-ring (bicyclic) bond motifs is 2. The van der Waals surface area contributed by atoms with Crippen molar-refractivity contribution >= 4 is 23.6 Å². The Morgan fingerprint density at radius 1 is 0.807 bits per heavy atom. The first kappa shape index (κ1) is 38.0. The molecule has 57 heavy (non-hydrogen) atoms. The molecule has 8 rings (SSSR count). The van der Waals surface area contributed by atoms with Gasteiger partial charge in [-0.05, 0) is 103 Å². The van der Waals surface area contributed by atoms with Crippen molar-refractivity contribution in [2.24, 2.45) is 7.05 Å². The van der Waals surface area contributed by atoms with Gasteiger partial charge in [-0.2, -0.15) is 0 Å². The van der Waals surface area contributed by atoms with Gasteiger partial charge in [0.1, 0.15) is 11.5 Å². The number of phenolic OH excluding ortho intramolecular Hbond substituents is 1. The SMILES string of the molecule is Cc1c(C(=O)N(C)c2ccc(O)cc2)cc(-c2cc3c(cc2C(=O)N2Cc4ccccc4C[C@H]2CN2CCOCC2)CCN(C(=O)Oc2ccccc2)CC3)n1C. The number of hydrogen-bond acceptors (Lipinski definition) is 7. The molecule has 0 bridgehead atoms. The highest BCUT2D eigenvalue weighted by Crippen LogP contribution is 2.36. The van der Waals surface area contributed by atoms with E-state index in [1.807, 2.05) is 59.8 Å². The quantitative estimate of drug-likeness (QED) is 0.202. The van der Waals surface area contributed by atoms with Crippen LogP contribution in [0.2, 0.25) is 0 Å². The summed E-state index contributed by atoms with van der Waals surface area (Å²) in [5.41, 5.74) is 8.50. The molecule has 3 aliphatic heterocycles. The number of amides is 3. The molecule has 5 aromatic rings. The lowest BCUT2D eigenvalue weighted by Crippen LogP contribution is -2.52. The third-order valence-corrected chi connectivity index (χ3v) is 11.9. The van der Waals surface area contributed by atoms with Crippen molar-refractivity contribution in [3.8, 4) is 22.8 Å². The van der Waals surface area contributed by atoms with E-state index in [0.717, 1.165) is 59.7 Å². The zero-order valence-corrected chi connectivity index (χ0v) is 32.8. The molecule has 1 atom stereocenters. The zero-order chi connectivity index (χ0) is 39.6. The number of benzene rings is 4. The Morgan fingerprint density at radius 3 is 2.19 bits per heavy atom. The third kappa shape index (κ3) is 7.90. The highest BCUT2D eigenvalue weighted by atomic mass is 16.6. The molecule has 0 unspecified atom stereocenters.